The molecule has 0 aliphatic carbocycles. The molecule has 18 heteroatoms. The highest BCUT2D eigenvalue weighted by Crippen LogP contribution is 2.42. The van der Waals surface area contributed by atoms with Crippen LogP contribution in [0.1, 0.15) is 40.9 Å². The van der Waals surface area contributed by atoms with Gasteiger partial charge in [-0.2, -0.15) is 22.6 Å². The second-order valence-electron chi connectivity index (χ2n) is 10.7. The average molecular weight is 672 g/mol. The largest absolute Gasteiger partial charge is 0.465 e. The SMILES string of the molecule is Cc1c(C(=O)Nc2cccc(S(C)(=O)=NC(=O)CNC(=O)O)c2)c(N2CCCC(F)(F)CC2)nc(C(F)(F)F)c1-c1cnn(C)c1. The monoisotopic (exact) mass is 671 g/mol. The van der Waals surface area contributed by atoms with E-state index in [1.54, 1.807) is 0 Å². The third-order valence-electron chi connectivity index (χ3n) is 7.13. The van der Waals surface area contributed by atoms with Crippen molar-refractivity contribution >= 4 is 39.1 Å². The lowest BCUT2D eigenvalue weighted by atomic mass is 9.95. The molecule has 1 aromatic carbocycles. The van der Waals surface area contributed by atoms with E-state index in [1.807, 2.05) is 5.32 Å². The highest BCUT2D eigenvalue weighted by Gasteiger charge is 2.41. The van der Waals surface area contributed by atoms with Gasteiger partial charge in [0.05, 0.1) is 21.5 Å². The van der Waals surface area contributed by atoms with Crippen LogP contribution in [-0.2, 0) is 27.7 Å². The first-order valence-corrected chi connectivity index (χ1v) is 15.7. The lowest BCUT2D eigenvalue weighted by Crippen LogP contribution is -2.31. The van der Waals surface area contributed by atoms with E-state index in [4.69, 9.17) is 5.11 Å². The van der Waals surface area contributed by atoms with Crippen molar-refractivity contribution in [3.05, 3.63) is 53.5 Å². The lowest BCUT2D eigenvalue weighted by molar-refractivity contribution is -0.140. The minimum atomic E-state index is -4.98. The van der Waals surface area contributed by atoms with Crippen LogP contribution >= 0.6 is 0 Å². The first-order valence-electron chi connectivity index (χ1n) is 13.7. The number of hydrogen-bond donors (Lipinski definition) is 3. The van der Waals surface area contributed by atoms with E-state index in [9.17, 15) is 40.5 Å². The number of anilines is 2. The van der Waals surface area contributed by atoms with Crippen molar-refractivity contribution in [3.63, 3.8) is 0 Å². The zero-order chi connectivity index (χ0) is 34.0. The summed E-state index contributed by atoms with van der Waals surface area (Å²) in [4.78, 5) is 41.7. The maximum Gasteiger partial charge on any atom is 0.434 e. The van der Waals surface area contributed by atoms with Gasteiger partial charge in [-0.1, -0.05) is 6.07 Å². The molecule has 46 heavy (non-hydrogen) atoms. The number of nitrogens with one attached hydrogen (secondary N) is 2. The summed E-state index contributed by atoms with van der Waals surface area (Å²) in [5.41, 5.74) is -2.08. The number of rotatable bonds is 7. The first kappa shape index (κ1) is 34.3. The normalized spacial score (nSPS) is 16.2. The Hall–Kier alpha value is -4.61. The van der Waals surface area contributed by atoms with Crippen LogP contribution in [0.4, 0.5) is 38.3 Å². The fourth-order valence-electron chi connectivity index (χ4n) is 5.01. The molecule has 3 aromatic rings. The standard InChI is InChI=1S/C28H30F5N7O5S/c1-16-21(17-13-35-39(2)15-17)23(28(31,32)33)37-24(40-10-5-8-27(29,30)9-11-40)22(16)25(42)36-18-6-4-7-19(12-18)46(3,45)38-20(41)14-34-26(43)44/h4,6-7,12-13,15,34H,5,8-11,14H2,1-3H3,(H,36,42)(H,43,44). The Kier molecular flexibility index (Phi) is 9.70. The molecule has 2 aromatic heterocycles. The third kappa shape index (κ3) is 7.96. The molecule has 1 saturated heterocycles. The molecule has 1 aliphatic heterocycles. The molecule has 12 nitrogen and oxygen atoms in total. The molecule has 3 heterocycles. The summed E-state index contributed by atoms with van der Waals surface area (Å²) >= 11 is 0. The van der Waals surface area contributed by atoms with Crippen molar-refractivity contribution in [3.8, 4) is 11.1 Å². The molecular formula is C28H30F5N7O5S. The number of aryl methyl sites for hydroxylation is 1. The van der Waals surface area contributed by atoms with Crippen LogP contribution in [0.3, 0.4) is 0 Å². The van der Waals surface area contributed by atoms with Crippen LogP contribution in [0.15, 0.2) is 45.9 Å². The van der Waals surface area contributed by atoms with Crippen molar-refractivity contribution in [2.24, 2.45) is 11.4 Å². The predicted molar refractivity (Wildman–Crippen MR) is 157 cm³/mol. The van der Waals surface area contributed by atoms with Crippen molar-refractivity contribution < 1.29 is 45.7 Å². The molecule has 4 rings (SSSR count). The fraction of sp³-hybridized carbons (Fsp3) is 0.393. The van der Waals surface area contributed by atoms with E-state index in [1.165, 1.54) is 60.2 Å². The van der Waals surface area contributed by atoms with Gasteiger partial charge in [-0.25, -0.2) is 22.8 Å². The fourth-order valence-corrected chi connectivity index (χ4v) is 6.24. The zero-order valence-electron chi connectivity index (χ0n) is 24.8. The molecule has 0 bridgehead atoms. The summed E-state index contributed by atoms with van der Waals surface area (Å²) in [5, 5.41) is 17.0. The zero-order valence-corrected chi connectivity index (χ0v) is 25.6. The number of hydrogen-bond acceptors (Lipinski definition) is 7. The smallest absolute Gasteiger partial charge is 0.434 e. The summed E-state index contributed by atoms with van der Waals surface area (Å²) in [6.45, 7) is 0.144. The number of nitrogens with zero attached hydrogens (tertiary/aromatic N) is 5. The van der Waals surface area contributed by atoms with Gasteiger partial charge in [-0.3, -0.25) is 14.3 Å². The second kappa shape index (κ2) is 13.0. The van der Waals surface area contributed by atoms with Crippen LogP contribution in [0, 0.1) is 6.92 Å². The summed E-state index contributed by atoms with van der Waals surface area (Å²) in [5.74, 6) is -5.40. The quantitative estimate of drug-likeness (QED) is 0.298. The number of carboxylic acid groups (broad SMARTS) is 1. The minimum absolute atomic E-state index is 0.0118. The molecule has 3 amide bonds. The molecule has 0 saturated carbocycles. The number of carbonyl (C=O) groups excluding carboxylic acids is 2. The van der Waals surface area contributed by atoms with E-state index >= 15 is 0 Å². The number of alkyl halides is 5. The maximum absolute atomic E-state index is 14.5. The molecule has 1 atom stereocenters. The van der Waals surface area contributed by atoms with E-state index < -0.39 is 76.2 Å². The van der Waals surface area contributed by atoms with E-state index in [0.717, 1.165) is 6.26 Å². The predicted octanol–water partition coefficient (Wildman–Crippen LogP) is 4.94. The number of halogens is 5. The van der Waals surface area contributed by atoms with Gasteiger partial charge in [-0.05, 0) is 37.1 Å². The highest BCUT2D eigenvalue weighted by atomic mass is 32.2. The van der Waals surface area contributed by atoms with Crippen molar-refractivity contribution in [1.82, 2.24) is 20.1 Å². The number of benzene rings is 1. The summed E-state index contributed by atoms with van der Waals surface area (Å²) in [6, 6.07) is 5.38. The maximum atomic E-state index is 14.5. The first-order chi connectivity index (χ1) is 21.4. The van der Waals surface area contributed by atoms with Gasteiger partial charge < -0.3 is 20.6 Å². The van der Waals surface area contributed by atoms with Gasteiger partial charge in [0, 0.05) is 67.1 Å². The van der Waals surface area contributed by atoms with Crippen LogP contribution in [0.25, 0.3) is 11.1 Å². The number of carbonyl (C=O) groups is 3. The van der Waals surface area contributed by atoms with Crippen LogP contribution in [-0.4, -0.2) is 73.8 Å². The van der Waals surface area contributed by atoms with Crippen LogP contribution in [0.2, 0.25) is 0 Å². The van der Waals surface area contributed by atoms with E-state index in [2.05, 4.69) is 19.8 Å². The van der Waals surface area contributed by atoms with Gasteiger partial charge in [-0.15, -0.1) is 0 Å². The Morgan fingerprint density at radius 3 is 2.52 bits per heavy atom. The van der Waals surface area contributed by atoms with Crippen LogP contribution in [0.5, 0.6) is 0 Å². The average Bonchev–Trinajstić information content (AvgIpc) is 3.29. The van der Waals surface area contributed by atoms with Crippen molar-refractivity contribution in [1.29, 1.82) is 0 Å². The Bertz CT molecular complexity index is 1800. The molecule has 3 N–H and O–H groups in total. The van der Waals surface area contributed by atoms with Gasteiger partial charge in [0.1, 0.15) is 12.4 Å². The minimum Gasteiger partial charge on any atom is -0.465 e. The molecule has 248 valence electrons. The van der Waals surface area contributed by atoms with Gasteiger partial charge in [0.15, 0.2) is 5.69 Å². The molecule has 0 radical (unpaired) electrons. The van der Waals surface area contributed by atoms with Crippen molar-refractivity contribution in [2.45, 2.75) is 43.2 Å². The summed E-state index contributed by atoms with van der Waals surface area (Å²) < 4.78 is 89.9. The Morgan fingerprint density at radius 1 is 1.17 bits per heavy atom. The number of pyridine rings is 1. The van der Waals surface area contributed by atoms with Gasteiger partial charge in [0.25, 0.3) is 11.8 Å². The number of aromatic nitrogens is 3. The summed E-state index contributed by atoms with van der Waals surface area (Å²) in [6.07, 6.45) is -4.02. The second-order valence-corrected chi connectivity index (χ2v) is 12.9. The number of amides is 3. The molecule has 1 unspecified atom stereocenters. The van der Waals surface area contributed by atoms with Crippen LogP contribution < -0.4 is 15.5 Å². The van der Waals surface area contributed by atoms with E-state index in [0.29, 0.717) is 0 Å². The Labute approximate surface area is 260 Å². The Morgan fingerprint density at radius 2 is 1.89 bits per heavy atom. The Balaban J connectivity index is 1.82. The molecular weight excluding hydrogens is 641 g/mol. The molecule has 1 aliphatic rings. The van der Waals surface area contributed by atoms with E-state index in [-0.39, 0.29) is 46.8 Å². The van der Waals surface area contributed by atoms with Gasteiger partial charge >= 0.3 is 12.3 Å². The summed E-state index contributed by atoms with van der Waals surface area (Å²) in [7, 11) is -1.93. The topological polar surface area (TPSA) is 159 Å². The molecule has 0 spiro atoms. The lowest BCUT2D eigenvalue weighted by Gasteiger charge is -2.27. The van der Waals surface area contributed by atoms with Crippen molar-refractivity contribution in [2.75, 3.05) is 36.1 Å². The molecule has 1 fully saturated rings. The van der Waals surface area contributed by atoms with Gasteiger partial charge in [0.2, 0.25) is 5.92 Å². The highest BCUT2D eigenvalue weighted by molar-refractivity contribution is 7.93. The third-order valence-corrected chi connectivity index (χ3v) is 8.81.